The van der Waals surface area contributed by atoms with Gasteiger partial charge in [-0.05, 0) is 0 Å². The third-order valence-corrected chi connectivity index (χ3v) is 8.47. The van der Waals surface area contributed by atoms with Gasteiger partial charge in [-0.15, -0.1) is 0 Å². The lowest BCUT2D eigenvalue weighted by molar-refractivity contribution is -0.745. The van der Waals surface area contributed by atoms with E-state index in [1.165, 1.54) is 22.4 Å². The van der Waals surface area contributed by atoms with Crippen LogP contribution in [0.2, 0.25) is 0 Å². The molecule has 3 unspecified atom stereocenters. The van der Waals surface area contributed by atoms with Crippen LogP contribution in [0.25, 0.3) is 11.2 Å². The summed E-state index contributed by atoms with van der Waals surface area (Å²) in [4.78, 5) is 38.6. The van der Waals surface area contributed by atoms with Gasteiger partial charge in [-0.1, -0.05) is 16.4 Å². The number of nitrogens with zero attached hydrogens (tertiary/aromatic N) is 4. The van der Waals surface area contributed by atoms with E-state index in [1.807, 2.05) is 0 Å². The summed E-state index contributed by atoms with van der Waals surface area (Å²) in [6, 6.07) is 0. The lowest BCUT2D eigenvalue weighted by atomic mass is 10.1. The van der Waals surface area contributed by atoms with Crippen LogP contribution in [0.4, 0.5) is 0 Å². The molecular weight excluding hydrogens is 454 g/mol. The van der Waals surface area contributed by atoms with Crippen molar-refractivity contribution >= 4 is 37.2 Å². The van der Waals surface area contributed by atoms with Crippen molar-refractivity contribution in [2.45, 2.75) is 31.5 Å². The third-order valence-electron chi connectivity index (χ3n) is 4.05. The Morgan fingerprint density at radius 2 is 2.00 bits per heavy atom. The molecule has 1 aliphatic heterocycles. The number of hydrogen-bond donors (Lipinski definition) is 3. The molecule has 162 valence electrons. The predicted octanol–water partition coefficient (Wildman–Crippen LogP) is -3.06. The van der Waals surface area contributed by atoms with Gasteiger partial charge in [0.1, 0.15) is 12.2 Å². The van der Waals surface area contributed by atoms with Crippen LogP contribution >= 0.6 is 26.0 Å². The molecule has 3 heterocycles. The molecular formula is C12H16N4O10P2S-2. The molecule has 14 nitrogen and oxygen atoms in total. The molecule has 6 atom stereocenters. The second-order valence-electron chi connectivity index (χ2n) is 6.22. The van der Waals surface area contributed by atoms with Crippen molar-refractivity contribution in [3.05, 3.63) is 12.2 Å². The highest BCUT2D eigenvalue weighted by molar-refractivity contribution is 8.54. The minimum absolute atomic E-state index is 0.0211. The minimum atomic E-state index is -5.52. The standard InChI is InChI=1S/C12H18N4O10P2S/c1-5-13-10-7(11(19)14-5)15(2)4-16(10)12-9(18)8(17)6(25-12)3-29-28(23,24)26-27(20,21)22/h4,6,8-9,12,17-18H,3H2,1-2H3,(H3-,13,14,19,20,21,22,23,24)/p-2/t6-,8?,9+,12-/m1/s1. The van der Waals surface area contributed by atoms with Crippen LogP contribution in [0.3, 0.4) is 0 Å². The maximum Gasteiger partial charge on any atom is 0.306 e. The fourth-order valence-corrected chi connectivity index (χ4v) is 6.89. The first kappa shape index (κ1) is 22.6. The zero-order valence-electron chi connectivity index (χ0n) is 14.9. The van der Waals surface area contributed by atoms with Gasteiger partial charge < -0.3 is 34.7 Å². The van der Waals surface area contributed by atoms with Crippen LogP contribution in [0.1, 0.15) is 12.1 Å². The van der Waals surface area contributed by atoms with Crippen molar-refractivity contribution in [2.75, 3.05) is 5.75 Å². The highest BCUT2D eigenvalue weighted by atomic mass is 32.7. The van der Waals surface area contributed by atoms with Gasteiger partial charge >= 0.3 is 5.65 Å². The summed E-state index contributed by atoms with van der Waals surface area (Å²) in [6.45, 7) is -3.56. The molecule has 3 N–H and O–H groups in total. The fraction of sp³-hybridized carbons (Fsp3) is 0.583. The maximum absolute atomic E-state index is 12.1. The molecule has 0 aromatic carbocycles. The topological polar surface area (TPSA) is 217 Å². The number of aliphatic hydroxyl groups excluding tert-OH is 2. The Hall–Kier alpha value is -1.12. The van der Waals surface area contributed by atoms with Crippen LogP contribution in [0.5, 0.6) is 5.88 Å². The zero-order chi connectivity index (χ0) is 21.7. The molecule has 2 aromatic heterocycles. The van der Waals surface area contributed by atoms with Gasteiger partial charge in [-0.3, -0.25) is 18.0 Å². The van der Waals surface area contributed by atoms with Crippen molar-refractivity contribution in [1.82, 2.24) is 14.5 Å². The van der Waals surface area contributed by atoms with Gasteiger partial charge in [-0.25, -0.2) is 9.55 Å². The van der Waals surface area contributed by atoms with E-state index in [4.69, 9.17) is 9.63 Å². The number of ether oxygens (including phenoxy) is 1. The normalized spacial score (nSPS) is 29.1. The summed E-state index contributed by atoms with van der Waals surface area (Å²) in [5.41, 5.74) is 0.269. The van der Waals surface area contributed by atoms with Crippen molar-refractivity contribution in [1.29, 1.82) is 0 Å². The molecule has 1 aliphatic rings. The molecule has 2 aromatic rings. The number of aromatic nitrogens is 4. The van der Waals surface area contributed by atoms with Gasteiger partial charge in [0.25, 0.3) is 7.82 Å². The van der Waals surface area contributed by atoms with Crippen LogP contribution in [0, 0.1) is 6.92 Å². The molecule has 0 bridgehead atoms. The highest BCUT2D eigenvalue weighted by Crippen LogP contribution is 2.61. The van der Waals surface area contributed by atoms with Crippen LogP contribution < -0.4 is 19.5 Å². The molecule has 1 saturated heterocycles. The Bertz CT molecular complexity index is 1030. The molecule has 1 fully saturated rings. The van der Waals surface area contributed by atoms with Gasteiger partial charge in [0.15, 0.2) is 18.6 Å². The maximum atomic E-state index is 12.1. The molecule has 0 radical (unpaired) electrons. The zero-order valence-corrected chi connectivity index (χ0v) is 17.5. The van der Waals surface area contributed by atoms with E-state index >= 15 is 0 Å². The van der Waals surface area contributed by atoms with Gasteiger partial charge in [-0.2, -0.15) is 0 Å². The number of hydrogen-bond acceptors (Lipinski definition) is 12. The first-order valence-corrected chi connectivity index (χ1v) is 12.6. The Balaban J connectivity index is 1.83. The Kier molecular flexibility index (Phi) is 6.11. The Morgan fingerprint density at radius 1 is 1.34 bits per heavy atom. The van der Waals surface area contributed by atoms with Crippen molar-refractivity contribution < 1.29 is 52.7 Å². The van der Waals surface area contributed by atoms with Crippen molar-refractivity contribution in [3.8, 4) is 5.88 Å². The summed E-state index contributed by atoms with van der Waals surface area (Å²) >= 11 is -0.0211. The van der Waals surface area contributed by atoms with Crippen LogP contribution in [-0.4, -0.2) is 53.7 Å². The molecule has 0 amide bonds. The average molecular weight is 470 g/mol. The van der Waals surface area contributed by atoms with E-state index in [-0.39, 0.29) is 28.4 Å². The number of phosphoric acid groups is 1. The first-order valence-electron chi connectivity index (χ1n) is 7.93. The second-order valence-corrected chi connectivity index (χ2v) is 11.4. The number of rotatable bonds is 6. The molecule has 0 spiro atoms. The summed E-state index contributed by atoms with van der Waals surface area (Å²) in [7, 11) is -3.97. The Labute approximate surface area is 167 Å². The molecule has 29 heavy (non-hydrogen) atoms. The van der Waals surface area contributed by atoms with Gasteiger partial charge in [0.2, 0.25) is 12.1 Å². The largest absolute Gasteiger partial charge is 0.856 e. The van der Waals surface area contributed by atoms with Gasteiger partial charge in [0, 0.05) is 18.6 Å². The molecule has 17 heteroatoms. The number of aryl methyl sites for hydroxylation is 2. The second kappa shape index (κ2) is 7.85. The van der Waals surface area contributed by atoms with E-state index in [2.05, 4.69) is 14.3 Å². The summed E-state index contributed by atoms with van der Waals surface area (Å²) in [6.07, 6.45) is -4.12. The summed E-state index contributed by atoms with van der Waals surface area (Å²) in [5.74, 6) is -0.885. The molecule has 0 aliphatic carbocycles. The first-order chi connectivity index (χ1) is 13.3. The quantitative estimate of drug-likeness (QED) is 0.282. The van der Waals surface area contributed by atoms with Gasteiger partial charge in [0.05, 0.1) is 13.2 Å². The smallest absolute Gasteiger partial charge is 0.306 e. The monoisotopic (exact) mass is 470 g/mol. The highest BCUT2D eigenvalue weighted by Gasteiger charge is 2.47. The summed E-state index contributed by atoms with van der Waals surface area (Å²) < 4.78 is 34.0. The van der Waals surface area contributed by atoms with Crippen LogP contribution in [-0.2, 0) is 25.2 Å². The predicted molar refractivity (Wildman–Crippen MR) is 89.8 cm³/mol. The lowest BCUT2D eigenvalue weighted by Crippen LogP contribution is -2.46. The van der Waals surface area contributed by atoms with E-state index in [0.29, 0.717) is 0 Å². The molecule has 3 rings (SSSR count). The SMILES string of the molecule is Cc1nc([O-])c2c(n1)[n+]([C@@H]1O[C@H](CSP(=O)([O-])OP(=O)([O-])O)C(O)[C@@H]1O)cn2C. The third kappa shape index (κ3) is 4.80. The van der Waals surface area contributed by atoms with Crippen molar-refractivity contribution in [2.24, 2.45) is 7.05 Å². The minimum Gasteiger partial charge on any atom is -0.856 e. The lowest BCUT2D eigenvalue weighted by Gasteiger charge is -2.28. The van der Waals surface area contributed by atoms with E-state index < -0.39 is 50.8 Å². The Morgan fingerprint density at radius 3 is 2.62 bits per heavy atom. The number of aliphatic hydroxyl groups is 2. The van der Waals surface area contributed by atoms with E-state index in [1.54, 1.807) is 7.05 Å². The fourth-order valence-electron chi connectivity index (χ4n) is 2.91. The van der Waals surface area contributed by atoms with E-state index in [0.717, 1.165) is 0 Å². The number of imidazole rings is 1. The number of fused-ring (bicyclic) bond motifs is 1. The van der Waals surface area contributed by atoms with Crippen molar-refractivity contribution in [3.63, 3.8) is 0 Å². The molecule has 0 saturated carbocycles. The summed E-state index contributed by atoms with van der Waals surface area (Å²) in [5, 5.41) is 32.7. The average Bonchev–Trinajstić information content (AvgIpc) is 3.01. The van der Waals surface area contributed by atoms with E-state index in [9.17, 15) is 34.2 Å². The van der Waals surface area contributed by atoms with Crippen LogP contribution in [0.15, 0.2) is 6.33 Å².